The Hall–Kier alpha value is -2.41. The van der Waals surface area contributed by atoms with E-state index in [4.69, 9.17) is 31.4 Å². The first kappa shape index (κ1) is 24.9. The number of hydrogen-bond acceptors (Lipinski definition) is 4. The molecule has 0 aromatic heterocycles. The fraction of sp³-hybridized carbons (Fsp3) is 0.417. The summed E-state index contributed by atoms with van der Waals surface area (Å²) in [6.07, 6.45) is 4.88. The zero-order valence-corrected chi connectivity index (χ0v) is 18.7. The summed E-state index contributed by atoms with van der Waals surface area (Å²) in [5, 5.41) is 27.5. The summed E-state index contributed by atoms with van der Waals surface area (Å²) in [7, 11) is 4.17. The Morgan fingerprint density at radius 1 is 1.06 bits per heavy atom. The molecule has 1 aliphatic carbocycles. The van der Waals surface area contributed by atoms with E-state index in [0.29, 0.717) is 0 Å². The van der Waals surface area contributed by atoms with E-state index in [-0.39, 0.29) is 5.92 Å². The van der Waals surface area contributed by atoms with Crippen LogP contribution in [0.3, 0.4) is 0 Å². The van der Waals surface area contributed by atoms with E-state index in [1.54, 1.807) is 0 Å². The van der Waals surface area contributed by atoms with Gasteiger partial charge in [0, 0.05) is 10.9 Å². The average molecular weight is 448 g/mol. The van der Waals surface area contributed by atoms with Crippen LogP contribution in [0.2, 0.25) is 5.02 Å². The second-order valence-corrected chi connectivity index (χ2v) is 8.53. The van der Waals surface area contributed by atoms with Gasteiger partial charge in [-0.15, -0.1) is 0 Å². The number of aliphatic carboxylic acids is 2. The molecule has 2 atom stereocenters. The molecule has 0 heterocycles. The highest BCUT2D eigenvalue weighted by molar-refractivity contribution is 6.30. The van der Waals surface area contributed by atoms with Gasteiger partial charge in [0.2, 0.25) is 0 Å². The van der Waals surface area contributed by atoms with E-state index in [1.807, 2.05) is 12.1 Å². The number of carboxylic acid groups (broad SMARTS) is 2. The van der Waals surface area contributed by atoms with E-state index in [9.17, 15) is 5.11 Å². The van der Waals surface area contributed by atoms with Gasteiger partial charge in [0.25, 0.3) is 0 Å². The smallest absolute Gasteiger partial charge is 0.414 e. The summed E-state index contributed by atoms with van der Waals surface area (Å²) >= 11 is 6.09. The SMILES string of the molecule is CN(C)CCCC1(O)c2ccccc2CCCC1c1ccc(Cl)cc1.O=C(O)C(=O)O. The normalized spacial score (nSPS) is 20.2. The van der Waals surface area contributed by atoms with Crippen LogP contribution in [-0.4, -0.2) is 52.8 Å². The second kappa shape index (κ2) is 11.3. The number of fused-ring (bicyclic) bond motifs is 1. The molecule has 0 amide bonds. The predicted molar refractivity (Wildman–Crippen MR) is 121 cm³/mol. The Labute approximate surface area is 188 Å². The van der Waals surface area contributed by atoms with Gasteiger partial charge in [-0.05, 0) is 81.6 Å². The van der Waals surface area contributed by atoms with E-state index in [0.717, 1.165) is 49.2 Å². The first-order valence-corrected chi connectivity index (χ1v) is 10.7. The van der Waals surface area contributed by atoms with Crippen molar-refractivity contribution in [3.63, 3.8) is 0 Å². The van der Waals surface area contributed by atoms with Gasteiger partial charge in [-0.1, -0.05) is 48.0 Å². The number of halogens is 1. The number of carboxylic acids is 2. The van der Waals surface area contributed by atoms with Crippen molar-refractivity contribution in [2.75, 3.05) is 20.6 Å². The minimum atomic E-state index is -1.82. The van der Waals surface area contributed by atoms with Crippen molar-refractivity contribution in [3.05, 3.63) is 70.2 Å². The zero-order chi connectivity index (χ0) is 23.0. The van der Waals surface area contributed by atoms with Crippen LogP contribution in [-0.2, 0) is 21.6 Å². The van der Waals surface area contributed by atoms with Crippen LogP contribution in [0.1, 0.15) is 48.3 Å². The van der Waals surface area contributed by atoms with Crippen molar-refractivity contribution in [2.45, 2.75) is 43.6 Å². The fourth-order valence-corrected chi connectivity index (χ4v) is 4.32. The number of benzene rings is 2. The highest BCUT2D eigenvalue weighted by atomic mass is 35.5. The molecule has 6 nitrogen and oxygen atoms in total. The third kappa shape index (κ3) is 6.79. The summed E-state index contributed by atoms with van der Waals surface area (Å²) in [5.41, 5.74) is 2.78. The molecule has 0 spiro atoms. The van der Waals surface area contributed by atoms with Gasteiger partial charge in [-0.2, -0.15) is 0 Å². The van der Waals surface area contributed by atoms with Crippen molar-refractivity contribution in [1.82, 2.24) is 4.90 Å². The Bertz CT molecular complexity index is 872. The summed E-state index contributed by atoms with van der Waals surface area (Å²) in [4.78, 5) is 20.4. The maximum atomic E-state index is 11.9. The first-order chi connectivity index (χ1) is 14.6. The maximum Gasteiger partial charge on any atom is 0.414 e. The average Bonchev–Trinajstić information content (AvgIpc) is 2.86. The van der Waals surface area contributed by atoms with E-state index < -0.39 is 17.5 Å². The zero-order valence-electron chi connectivity index (χ0n) is 17.9. The molecule has 2 unspecified atom stereocenters. The van der Waals surface area contributed by atoms with Crippen LogP contribution in [0.4, 0.5) is 0 Å². The topological polar surface area (TPSA) is 98.1 Å². The van der Waals surface area contributed by atoms with Gasteiger partial charge < -0.3 is 20.2 Å². The van der Waals surface area contributed by atoms with Gasteiger partial charge in [0.05, 0.1) is 5.60 Å². The largest absolute Gasteiger partial charge is 0.473 e. The minimum Gasteiger partial charge on any atom is -0.473 e. The molecule has 2 aromatic carbocycles. The molecule has 3 rings (SSSR count). The lowest BCUT2D eigenvalue weighted by atomic mass is 9.73. The minimum absolute atomic E-state index is 0.107. The highest BCUT2D eigenvalue weighted by Gasteiger charge is 2.41. The van der Waals surface area contributed by atoms with Crippen LogP contribution in [0.5, 0.6) is 0 Å². The van der Waals surface area contributed by atoms with Crippen LogP contribution in [0.15, 0.2) is 48.5 Å². The van der Waals surface area contributed by atoms with Gasteiger partial charge >= 0.3 is 11.9 Å². The molecule has 0 saturated heterocycles. The molecule has 0 fully saturated rings. The Morgan fingerprint density at radius 2 is 1.68 bits per heavy atom. The molecule has 0 aliphatic heterocycles. The van der Waals surface area contributed by atoms with E-state index >= 15 is 0 Å². The lowest BCUT2D eigenvalue weighted by Crippen LogP contribution is -2.34. The first-order valence-electron chi connectivity index (χ1n) is 10.3. The molecule has 7 heteroatoms. The summed E-state index contributed by atoms with van der Waals surface area (Å²) in [6.45, 7) is 0.984. The standard InChI is InChI=1S/C22H28ClNO.C2H2O4/c1-24(2)16-6-15-22(25)20-9-4-3-7-17(20)8-5-10-21(22)18-11-13-19(23)14-12-18;3-1(4)2(5)6/h3-4,7,9,11-14,21,25H,5-6,8,10,15-16H2,1-2H3;(H,3,4)(H,5,6). The summed E-state index contributed by atoms with van der Waals surface area (Å²) < 4.78 is 0. The lowest BCUT2D eigenvalue weighted by molar-refractivity contribution is -0.159. The highest BCUT2D eigenvalue weighted by Crippen LogP contribution is 2.47. The molecule has 1 aliphatic rings. The van der Waals surface area contributed by atoms with Crippen LogP contribution in [0.25, 0.3) is 0 Å². The Morgan fingerprint density at radius 3 is 2.26 bits per heavy atom. The fourth-order valence-electron chi connectivity index (χ4n) is 4.19. The lowest BCUT2D eigenvalue weighted by Gasteiger charge is -2.37. The number of aliphatic hydroxyl groups is 1. The number of aryl methyl sites for hydroxylation is 1. The second-order valence-electron chi connectivity index (χ2n) is 8.09. The van der Waals surface area contributed by atoms with Crippen molar-refractivity contribution < 1.29 is 24.9 Å². The summed E-state index contributed by atoms with van der Waals surface area (Å²) in [6, 6.07) is 16.5. The van der Waals surface area contributed by atoms with Crippen molar-refractivity contribution in [2.24, 2.45) is 0 Å². The Kier molecular flexibility index (Phi) is 9.04. The van der Waals surface area contributed by atoms with Crippen LogP contribution >= 0.6 is 11.6 Å². The number of rotatable bonds is 5. The van der Waals surface area contributed by atoms with Crippen molar-refractivity contribution in [3.8, 4) is 0 Å². The molecule has 31 heavy (non-hydrogen) atoms. The van der Waals surface area contributed by atoms with Gasteiger partial charge in [-0.3, -0.25) is 0 Å². The van der Waals surface area contributed by atoms with E-state index in [2.05, 4.69) is 55.4 Å². The molecule has 0 radical (unpaired) electrons. The number of carbonyl (C=O) groups is 2. The molecular weight excluding hydrogens is 418 g/mol. The number of hydrogen-bond donors (Lipinski definition) is 3. The van der Waals surface area contributed by atoms with Gasteiger partial charge in [0.1, 0.15) is 0 Å². The quantitative estimate of drug-likeness (QED) is 0.470. The predicted octanol–water partition coefficient (Wildman–Crippen LogP) is 4.15. The molecule has 168 valence electrons. The Balaban J connectivity index is 0.000000501. The van der Waals surface area contributed by atoms with Crippen LogP contribution in [0, 0.1) is 0 Å². The van der Waals surface area contributed by atoms with E-state index in [1.165, 1.54) is 11.1 Å². The third-order valence-electron chi connectivity index (χ3n) is 5.62. The van der Waals surface area contributed by atoms with Crippen LogP contribution < -0.4 is 0 Å². The third-order valence-corrected chi connectivity index (χ3v) is 5.87. The summed E-state index contributed by atoms with van der Waals surface area (Å²) in [5.74, 6) is -3.54. The molecule has 2 aromatic rings. The maximum absolute atomic E-state index is 11.9. The van der Waals surface area contributed by atoms with Crippen molar-refractivity contribution >= 4 is 23.5 Å². The number of nitrogens with zero attached hydrogens (tertiary/aromatic N) is 1. The monoisotopic (exact) mass is 447 g/mol. The van der Waals surface area contributed by atoms with Crippen molar-refractivity contribution in [1.29, 1.82) is 0 Å². The molecule has 0 saturated carbocycles. The molecule has 0 bridgehead atoms. The molecular formula is C24H30ClNO5. The van der Waals surface area contributed by atoms with Gasteiger partial charge in [-0.25, -0.2) is 9.59 Å². The van der Waals surface area contributed by atoms with Gasteiger partial charge in [0.15, 0.2) is 0 Å². The molecule has 3 N–H and O–H groups in total.